The van der Waals surface area contributed by atoms with Gasteiger partial charge >= 0.3 is 0 Å². The summed E-state index contributed by atoms with van der Waals surface area (Å²) in [6.07, 6.45) is 3.41. The first-order valence-electron chi connectivity index (χ1n) is 10.2. The summed E-state index contributed by atoms with van der Waals surface area (Å²) >= 11 is 0. The maximum atomic E-state index is 13.3. The lowest BCUT2D eigenvalue weighted by Crippen LogP contribution is -2.54. The van der Waals surface area contributed by atoms with Gasteiger partial charge in [-0.2, -0.15) is 0 Å². The third-order valence-electron chi connectivity index (χ3n) is 6.42. The molecule has 1 unspecified atom stereocenters. The molecule has 6 heteroatoms. The predicted molar refractivity (Wildman–Crippen MR) is 106 cm³/mol. The van der Waals surface area contributed by atoms with E-state index in [1.165, 1.54) is 0 Å². The number of carbonyl (C=O) groups is 3. The Hall–Kier alpha value is -1.11. The molecule has 0 aliphatic heterocycles. The van der Waals surface area contributed by atoms with Crippen LogP contribution in [0.1, 0.15) is 66.7 Å². The minimum atomic E-state index is -0.729. The summed E-state index contributed by atoms with van der Waals surface area (Å²) in [5.41, 5.74) is 4.22. The van der Waals surface area contributed by atoms with Gasteiger partial charge in [0.25, 0.3) is 0 Å². The molecule has 0 aromatic rings. The summed E-state index contributed by atoms with van der Waals surface area (Å²) in [6, 6.07) is -0.729. The number of ketones is 3. The van der Waals surface area contributed by atoms with Crippen molar-refractivity contribution >= 4 is 17.3 Å². The van der Waals surface area contributed by atoms with Crippen molar-refractivity contribution in [3.63, 3.8) is 0 Å². The zero-order valence-electron chi connectivity index (χ0n) is 17.6. The lowest BCUT2D eigenvalue weighted by molar-refractivity contribution is -0.150. The van der Waals surface area contributed by atoms with Gasteiger partial charge in [-0.1, -0.05) is 27.7 Å². The van der Waals surface area contributed by atoms with E-state index in [1.807, 2.05) is 0 Å². The third-order valence-corrected chi connectivity index (χ3v) is 6.42. The van der Waals surface area contributed by atoms with Crippen molar-refractivity contribution in [1.82, 2.24) is 10.6 Å². The van der Waals surface area contributed by atoms with Gasteiger partial charge < -0.3 is 11.1 Å². The van der Waals surface area contributed by atoms with Gasteiger partial charge in [-0.3, -0.25) is 19.7 Å². The van der Waals surface area contributed by atoms with E-state index in [0.717, 1.165) is 19.4 Å². The fourth-order valence-electron chi connectivity index (χ4n) is 6.31. The van der Waals surface area contributed by atoms with Crippen LogP contribution in [0.3, 0.4) is 0 Å². The lowest BCUT2D eigenvalue weighted by Gasteiger charge is -2.54. The Labute approximate surface area is 163 Å². The van der Waals surface area contributed by atoms with Gasteiger partial charge in [-0.15, -0.1) is 0 Å². The van der Waals surface area contributed by atoms with Crippen molar-refractivity contribution in [2.75, 3.05) is 19.8 Å². The number of carbonyl (C=O) groups excluding carboxylic acids is 3. The highest BCUT2D eigenvalue weighted by Gasteiger charge is 2.62. The smallest absolute Gasteiger partial charge is 0.163 e. The third kappa shape index (κ3) is 4.49. The summed E-state index contributed by atoms with van der Waals surface area (Å²) in [5, 5.41) is 6.33. The molecule has 2 saturated carbocycles. The average molecular weight is 380 g/mol. The van der Waals surface area contributed by atoms with E-state index in [9.17, 15) is 14.4 Å². The van der Waals surface area contributed by atoms with E-state index < -0.39 is 11.5 Å². The maximum Gasteiger partial charge on any atom is 0.163 e. The van der Waals surface area contributed by atoms with Crippen molar-refractivity contribution in [2.45, 2.75) is 72.8 Å². The first kappa shape index (κ1) is 22.2. The molecule has 0 aromatic carbocycles. The van der Waals surface area contributed by atoms with Crippen LogP contribution >= 0.6 is 0 Å². The zero-order valence-corrected chi connectivity index (χ0v) is 17.6. The molecule has 27 heavy (non-hydrogen) atoms. The first-order chi connectivity index (χ1) is 12.5. The SMILES string of the molecule is CC(=O)C1C(C)(C)CC2(CC(=O)C(NCNCCCCN)C2=O)CC1(C)C. The van der Waals surface area contributed by atoms with Gasteiger partial charge in [0, 0.05) is 24.4 Å². The molecule has 0 radical (unpaired) electrons. The van der Waals surface area contributed by atoms with E-state index in [0.29, 0.717) is 26.1 Å². The monoisotopic (exact) mass is 379 g/mol. The summed E-state index contributed by atoms with van der Waals surface area (Å²) in [5.74, 6) is 0.0683. The highest BCUT2D eigenvalue weighted by Crippen LogP contribution is 2.61. The van der Waals surface area contributed by atoms with Crippen LogP contribution < -0.4 is 16.4 Å². The average Bonchev–Trinajstić information content (AvgIpc) is 2.70. The van der Waals surface area contributed by atoms with Gasteiger partial charge in [0.1, 0.15) is 11.8 Å². The first-order valence-corrected chi connectivity index (χ1v) is 10.2. The Balaban J connectivity index is 2.09. The number of rotatable bonds is 8. The van der Waals surface area contributed by atoms with Gasteiger partial charge in [0.2, 0.25) is 0 Å². The molecule has 2 rings (SSSR count). The van der Waals surface area contributed by atoms with Crippen LogP contribution in [0.25, 0.3) is 0 Å². The predicted octanol–water partition coefficient (Wildman–Crippen LogP) is 1.81. The van der Waals surface area contributed by atoms with Gasteiger partial charge in [0.15, 0.2) is 11.6 Å². The second-order valence-electron chi connectivity index (χ2n) is 9.97. The Morgan fingerprint density at radius 2 is 1.70 bits per heavy atom. The van der Waals surface area contributed by atoms with Gasteiger partial charge in [-0.25, -0.2) is 0 Å². The minimum Gasteiger partial charge on any atom is -0.330 e. The fourth-order valence-corrected chi connectivity index (χ4v) is 6.31. The Morgan fingerprint density at radius 1 is 1.11 bits per heavy atom. The molecule has 2 aliphatic rings. The molecule has 1 spiro atoms. The largest absolute Gasteiger partial charge is 0.330 e. The van der Waals surface area contributed by atoms with E-state index in [4.69, 9.17) is 5.73 Å². The number of nitrogens with one attached hydrogen (secondary N) is 2. The van der Waals surface area contributed by atoms with Crippen LogP contribution in [0.15, 0.2) is 0 Å². The summed E-state index contributed by atoms with van der Waals surface area (Å²) in [7, 11) is 0. The van der Waals surface area contributed by atoms with E-state index in [-0.39, 0.29) is 40.5 Å². The van der Waals surface area contributed by atoms with E-state index in [1.54, 1.807) is 6.92 Å². The minimum absolute atomic E-state index is 0.0133. The highest BCUT2D eigenvalue weighted by atomic mass is 16.2. The van der Waals surface area contributed by atoms with Crippen LogP contribution in [-0.2, 0) is 14.4 Å². The topological polar surface area (TPSA) is 101 Å². The standard InChI is InChI=1S/C21H37N3O3/c1-14(25)17-19(2,3)11-21(12-20(17,4)5)10-15(26)16(18(21)27)24-13-23-9-7-6-8-22/h16-17,23-24H,6-13,22H2,1-5H3. The highest BCUT2D eigenvalue weighted by molar-refractivity contribution is 6.15. The maximum absolute atomic E-state index is 13.3. The molecule has 0 amide bonds. The molecular formula is C21H37N3O3. The lowest BCUT2D eigenvalue weighted by atomic mass is 9.48. The zero-order chi connectivity index (χ0) is 20.5. The molecule has 4 N–H and O–H groups in total. The molecule has 2 aliphatic carbocycles. The number of Topliss-reactive ketones (excluding diaryl/α,β-unsaturated/α-hetero) is 3. The second-order valence-corrected chi connectivity index (χ2v) is 9.97. The van der Waals surface area contributed by atoms with Crippen LogP contribution in [-0.4, -0.2) is 43.1 Å². The molecule has 1 atom stereocenters. The number of hydrogen-bond acceptors (Lipinski definition) is 6. The van der Waals surface area contributed by atoms with Gasteiger partial charge in [-0.05, 0) is 56.5 Å². The van der Waals surface area contributed by atoms with Crippen LogP contribution in [0.5, 0.6) is 0 Å². The van der Waals surface area contributed by atoms with Crippen molar-refractivity contribution < 1.29 is 14.4 Å². The Kier molecular flexibility index (Phi) is 6.65. The second kappa shape index (κ2) is 8.10. The number of unbranched alkanes of at least 4 members (excludes halogenated alkanes) is 1. The van der Waals surface area contributed by atoms with Crippen molar-refractivity contribution in [2.24, 2.45) is 27.9 Å². The normalized spacial score (nSPS) is 26.7. The number of nitrogens with two attached hydrogens (primary N) is 1. The fraction of sp³-hybridized carbons (Fsp3) is 0.857. The van der Waals surface area contributed by atoms with Crippen LogP contribution in [0.4, 0.5) is 0 Å². The van der Waals surface area contributed by atoms with E-state index >= 15 is 0 Å². The number of hydrogen-bond donors (Lipinski definition) is 3. The molecule has 0 saturated heterocycles. The molecule has 154 valence electrons. The quantitative estimate of drug-likeness (QED) is 0.338. The molecular weight excluding hydrogens is 342 g/mol. The summed E-state index contributed by atoms with van der Waals surface area (Å²) in [6.45, 7) is 11.8. The van der Waals surface area contributed by atoms with Crippen molar-refractivity contribution in [3.05, 3.63) is 0 Å². The van der Waals surface area contributed by atoms with Crippen molar-refractivity contribution in [1.29, 1.82) is 0 Å². The van der Waals surface area contributed by atoms with Crippen LogP contribution in [0.2, 0.25) is 0 Å². The Morgan fingerprint density at radius 3 is 2.22 bits per heavy atom. The molecule has 2 fully saturated rings. The Bertz CT molecular complexity index is 579. The summed E-state index contributed by atoms with van der Waals surface area (Å²) in [4.78, 5) is 38.3. The van der Waals surface area contributed by atoms with Gasteiger partial charge in [0.05, 0.1) is 0 Å². The van der Waals surface area contributed by atoms with E-state index in [2.05, 4.69) is 38.3 Å². The summed E-state index contributed by atoms with van der Waals surface area (Å²) < 4.78 is 0. The van der Waals surface area contributed by atoms with Crippen LogP contribution in [0, 0.1) is 22.2 Å². The molecule has 0 heterocycles. The molecule has 0 aromatic heterocycles. The van der Waals surface area contributed by atoms with Crippen molar-refractivity contribution in [3.8, 4) is 0 Å². The molecule has 0 bridgehead atoms. The molecule has 6 nitrogen and oxygen atoms in total.